The predicted octanol–water partition coefficient (Wildman–Crippen LogP) is -0.173. The minimum absolute atomic E-state index is 0.145. The van der Waals surface area contributed by atoms with E-state index in [1.165, 1.54) is 7.11 Å². The summed E-state index contributed by atoms with van der Waals surface area (Å²) in [6, 6.07) is 0. The normalized spacial score (nSPS) is 12.7. The molecule has 0 fully saturated rings. The Morgan fingerprint density at radius 2 is 2.22 bits per heavy atom. The van der Waals surface area contributed by atoms with E-state index in [0.717, 1.165) is 0 Å². The third-order valence-corrected chi connectivity index (χ3v) is 1.31. The zero-order valence-corrected chi connectivity index (χ0v) is 6.23. The molecule has 3 nitrogen and oxygen atoms in total. The van der Waals surface area contributed by atoms with Gasteiger partial charge in [-0.15, -0.1) is 0 Å². The van der Waals surface area contributed by atoms with Gasteiger partial charge >= 0.3 is 0 Å². The number of rotatable bonds is 3. The number of hydrogen-bond acceptors (Lipinski definition) is 3. The highest BCUT2D eigenvalue weighted by molar-refractivity contribution is 7.71. The van der Waals surface area contributed by atoms with Gasteiger partial charge in [0.05, 0.1) is 12.0 Å². The highest BCUT2D eigenvalue weighted by Crippen LogP contribution is 1.87. The molecule has 0 aromatic carbocycles. The average Bonchev–Trinajstić information content (AvgIpc) is 1.63. The van der Waals surface area contributed by atoms with E-state index in [9.17, 15) is 8.42 Å². The summed E-state index contributed by atoms with van der Waals surface area (Å²) in [5.74, 6) is -0.145. The Labute approximate surface area is 56.2 Å². The maximum absolute atomic E-state index is 9.92. The van der Waals surface area contributed by atoms with Gasteiger partial charge in [-0.05, 0) is 0 Å². The Bertz CT molecular complexity index is 172. The lowest BCUT2D eigenvalue weighted by Crippen LogP contribution is -2.04. The fraction of sp³-hybridized carbons (Fsp3) is 0.800. The van der Waals surface area contributed by atoms with Crippen LogP contribution in [-0.4, -0.2) is 27.5 Å². The van der Waals surface area contributed by atoms with Crippen molar-refractivity contribution >= 4 is 15.7 Å². The molecule has 53 valence electrons. The third kappa shape index (κ3) is 5.52. The summed E-state index contributed by atoms with van der Waals surface area (Å²) in [6.07, 6.45) is 0. The van der Waals surface area contributed by atoms with E-state index in [2.05, 4.69) is 10.1 Å². The van der Waals surface area contributed by atoms with Crippen LogP contribution in [0, 0.1) is 5.92 Å². The molecule has 0 heterocycles. The van der Waals surface area contributed by atoms with Crippen LogP contribution < -0.4 is 0 Å². The van der Waals surface area contributed by atoms with Crippen molar-refractivity contribution in [3.05, 3.63) is 0 Å². The molecule has 0 amide bonds. The molecular formula is C5H9O3S. The summed E-state index contributed by atoms with van der Waals surface area (Å²) >= 11 is 0. The standard InChI is InChI=1S/C5H9O3S/c1-5(3-8-2)4-9(6)7/h5H,3H2,1-2H3. The van der Waals surface area contributed by atoms with Crippen LogP contribution in [0.15, 0.2) is 0 Å². The van der Waals surface area contributed by atoms with Crippen LogP contribution in [0.5, 0.6) is 0 Å². The van der Waals surface area contributed by atoms with E-state index in [1.807, 2.05) is 0 Å². The summed E-state index contributed by atoms with van der Waals surface area (Å²) in [6.45, 7) is 2.12. The first-order valence-corrected chi connectivity index (χ1v) is 3.58. The van der Waals surface area contributed by atoms with E-state index >= 15 is 0 Å². The summed E-state index contributed by atoms with van der Waals surface area (Å²) in [5, 5.41) is 2.24. The summed E-state index contributed by atoms with van der Waals surface area (Å²) in [5.41, 5.74) is 0. The van der Waals surface area contributed by atoms with Gasteiger partial charge in [-0.2, -0.15) is 8.42 Å². The maximum atomic E-state index is 9.92. The SMILES string of the molecule is COCC(C)[C]=S(=O)=O. The summed E-state index contributed by atoms with van der Waals surface area (Å²) in [4.78, 5) is 0. The fourth-order valence-electron chi connectivity index (χ4n) is 0.448. The molecule has 0 saturated carbocycles. The largest absolute Gasteiger partial charge is 0.384 e. The van der Waals surface area contributed by atoms with E-state index < -0.39 is 10.3 Å². The molecule has 0 aromatic rings. The smallest absolute Gasteiger partial charge is 0.218 e. The van der Waals surface area contributed by atoms with Crippen molar-refractivity contribution in [3.8, 4) is 0 Å². The first-order chi connectivity index (χ1) is 4.16. The van der Waals surface area contributed by atoms with Crippen LogP contribution in [0.25, 0.3) is 0 Å². The van der Waals surface area contributed by atoms with E-state index in [-0.39, 0.29) is 5.92 Å². The molecule has 4 heteroatoms. The Hall–Kier alpha value is -0.350. The zero-order valence-electron chi connectivity index (χ0n) is 5.42. The highest BCUT2D eigenvalue weighted by Gasteiger charge is 1.95. The number of ether oxygens (including phenoxy) is 1. The van der Waals surface area contributed by atoms with Crippen LogP contribution in [0.1, 0.15) is 6.92 Å². The topological polar surface area (TPSA) is 43.4 Å². The van der Waals surface area contributed by atoms with Crippen LogP contribution in [-0.2, 0) is 15.0 Å². The molecule has 0 saturated heterocycles. The maximum Gasteiger partial charge on any atom is 0.218 e. The first kappa shape index (κ1) is 8.65. The Morgan fingerprint density at radius 1 is 1.67 bits per heavy atom. The summed E-state index contributed by atoms with van der Waals surface area (Å²) in [7, 11) is -0.657. The lowest BCUT2D eigenvalue weighted by molar-refractivity contribution is 0.183. The minimum Gasteiger partial charge on any atom is -0.384 e. The lowest BCUT2D eigenvalue weighted by Gasteiger charge is -1.97. The molecule has 1 unspecified atom stereocenters. The molecule has 0 rings (SSSR count). The van der Waals surface area contributed by atoms with Crippen LogP contribution in [0.3, 0.4) is 0 Å². The number of methoxy groups -OCH3 is 1. The van der Waals surface area contributed by atoms with E-state index in [1.54, 1.807) is 6.92 Å². The predicted molar refractivity (Wildman–Crippen MR) is 35.0 cm³/mol. The van der Waals surface area contributed by atoms with Gasteiger partial charge in [0.25, 0.3) is 0 Å². The van der Waals surface area contributed by atoms with Crippen molar-refractivity contribution in [2.24, 2.45) is 5.92 Å². The Kier molecular flexibility index (Phi) is 4.35. The van der Waals surface area contributed by atoms with Gasteiger partial charge in [0.2, 0.25) is 10.3 Å². The van der Waals surface area contributed by atoms with Gasteiger partial charge in [0.15, 0.2) is 0 Å². The molecule has 0 N–H and O–H groups in total. The van der Waals surface area contributed by atoms with Gasteiger partial charge in [-0.3, -0.25) is 0 Å². The molecular weight excluding hydrogens is 140 g/mol. The Balaban J connectivity index is 3.77. The van der Waals surface area contributed by atoms with Crippen molar-refractivity contribution in [2.75, 3.05) is 13.7 Å². The van der Waals surface area contributed by atoms with Crippen molar-refractivity contribution in [1.82, 2.24) is 0 Å². The van der Waals surface area contributed by atoms with Crippen molar-refractivity contribution in [3.63, 3.8) is 0 Å². The highest BCUT2D eigenvalue weighted by atomic mass is 32.2. The second-order valence-electron chi connectivity index (χ2n) is 1.71. The second-order valence-corrected chi connectivity index (χ2v) is 2.41. The average molecular weight is 149 g/mol. The minimum atomic E-state index is -2.18. The molecule has 0 aliphatic heterocycles. The van der Waals surface area contributed by atoms with Crippen LogP contribution in [0.2, 0.25) is 0 Å². The monoisotopic (exact) mass is 149 g/mol. The van der Waals surface area contributed by atoms with Gasteiger partial charge in [0, 0.05) is 13.0 Å². The van der Waals surface area contributed by atoms with Gasteiger partial charge in [-0.1, -0.05) is 6.92 Å². The van der Waals surface area contributed by atoms with E-state index in [4.69, 9.17) is 0 Å². The molecule has 0 bridgehead atoms. The summed E-state index contributed by atoms with van der Waals surface area (Å²) < 4.78 is 24.5. The van der Waals surface area contributed by atoms with Crippen LogP contribution in [0.4, 0.5) is 0 Å². The lowest BCUT2D eigenvalue weighted by atomic mass is 10.2. The quantitative estimate of drug-likeness (QED) is 0.523. The number of hydrogen-bond donors (Lipinski definition) is 0. The van der Waals surface area contributed by atoms with Crippen molar-refractivity contribution < 1.29 is 13.2 Å². The Morgan fingerprint density at radius 3 is 2.56 bits per heavy atom. The molecule has 0 spiro atoms. The third-order valence-electron chi connectivity index (χ3n) is 0.714. The molecule has 0 aliphatic carbocycles. The van der Waals surface area contributed by atoms with Crippen molar-refractivity contribution in [1.29, 1.82) is 0 Å². The van der Waals surface area contributed by atoms with Crippen LogP contribution >= 0.6 is 0 Å². The van der Waals surface area contributed by atoms with Gasteiger partial charge in [-0.25, -0.2) is 0 Å². The zero-order chi connectivity index (χ0) is 7.28. The molecule has 1 atom stereocenters. The molecule has 1 radical (unpaired) electrons. The molecule has 0 aromatic heterocycles. The fourth-order valence-corrected chi connectivity index (χ4v) is 0.845. The second kappa shape index (κ2) is 4.52. The van der Waals surface area contributed by atoms with E-state index in [0.29, 0.717) is 6.61 Å². The van der Waals surface area contributed by atoms with Gasteiger partial charge in [0.1, 0.15) is 0 Å². The molecule has 0 aliphatic rings. The molecule has 9 heavy (non-hydrogen) atoms. The first-order valence-electron chi connectivity index (χ1n) is 2.51. The van der Waals surface area contributed by atoms with Gasteiger partial charge < -0.3 is 4.74 Å². The van der Waals surface area contributed by atoms with Crippen molar-refractivity contribution in [2.45, 2.75) is 6.92 Å².